The van der Waals surface area contributed by atoms with Crippen LogP contribution in [0.2, 0.25) is 0 Å². The maximum Gasteiger partial charge on any atom is 0.149 e. The second-order valence-electron chi connectivity index (χ2n) is 14.3. The van der Waals surface area contributed by atoms with E-state index in [2.05, 4.69) is 65.1 Å². The van der Waals surface area contributed by atoms with Gasteiger partial charge in [0, 0.05) is 47.6 Å². The molecule has 63 heavy (non-hydrogen) atoms. The highest BCUT2D eigenvalue weighted by atomic mass is 16.5. The molecule has 3 heterocycles. The van der Waals surface area contributed by atoms with Crippen molar-refractivity contribution in [1.82, 2.24) is 13.7 Å². The molecule has 2 unspecified atom stereocenters. The Hall–Kier alpha value is -8.40. The van der Waals surface area contributed by atoms with Gasteiger partial charge in [-0.2, -0.15) is 0 Å². The molecule has 0 aliphatic heterocycles. The summed E-state index contributed by atoms with van der Waals surface area (Å²) < 4.78 is 23.8. The van der Waals surface area contributed by atoms with E-state index in [0.717, 1.165) is 49.4 Å². The molecule has 6 N–H and O–H groups in total. The number of rotatable bonds is 15. The minimum atomic E-state index is -0.555. The second kappa shape index (κ2) is 20.7. The number of ether oxygens (including phenoxy) is 3. The molecule has 6 rings (SSSR count). The van der Waals surface area contributed by atoms with E-state index in [1.54, 1.807) is 6.07 Å². The number of hydrogen-bond donors (Lipinski definition) is 3. The summed E-state index contributed by atoms with van der Waals surface area (Å²) in [5.41, 5.74) is 26.2. The molecule has 0 spiro atoms. The topological polar surface area (TPSA) is 121 Å². The van der Waals surface area contributed by atoms with Gasteiger partial charge in [0.2, 0.25) is 0 Å². The van der Waals surface area contributed by atoms with Crippen LogP contribution in [-0.2, 0) is 38.9 Å². The van der Waals surface area contributed by atoms with Crippen molar-refractivity contribution in [3.63, 3.8) is 0 Å². The van der Waals surface area contributed by atoms with Crippen molar-refractivity contribution in [2.45, 2.75) is 51.0 Å². The molecule has 0 bridgehead atoms. The molecular formula is C54H44N6O3. The highest BCUT2D eigenvalue weighted by molar-refractivity contribution is 5.93. The number of terminal acetylenes is 7. The van der Waals surface area contributed by atoms with Crippen molar-refractivity contribution in [2.24, 2.45) is 17.2 Å². The van der Waals surface area contributed by atoms with Crippen LogP contribution >= 0.6 is 0 Å². The summed E-state index contributed by atoms with van der Waals surface area (Å²) in [6.07, 6.45) is 47.6. The van der Waals surface area contributed by atoms with Gasteiger partial charge in [0.1, 0.15) is 37.1 Å². The lowest BCUT2D eigenvalue weighted by Crippen LogP contribution is -2.20. The molecule has 0 radical (unpaired) electrons. The van der Waals surface area contributed by atoms with Crippen LogP contribution < -0.4 is 31.4 Å². The molecule has 0 aliphatic carbocycles. The van der Waals surface area contributed by atoms with Crippen molar-refractivity contribution < 1.29 is 14.2 Å². The lowest BCUT2D eigenvalue weighted by molar-refractivity contribution is 0.369. The molecule has 0 saturated carbocycles. The molecule has 3 aromatic carbocycles. The molecule has 0 amide bonds. The van der Waals surface area contributed by atoms with E-state index in [-0.39, 0.29) is 19.8 Å². The zero-order valence-corrected chi connectivity index (χ0v) is 34.8. The van der Waals surface area contributed by atoms with Gasteiger partial charge in [-0.3, -0.25) is 0 Å². The van der Waals surface area contributed by atoms with Crippen LogP contribution in [0.15, 0.2) is 55.0 Å². The lowest BCUT2D eigenvalue weighted by atomic mass is 10.0. The lowest BCUT2D eigenvalue weighted by Gasteiger charge is -2.10. The van der Waals surface area contributed by atoms with Gasteiger partial charge in [0.15, 0.2) is 0 Å². The Morgan fingerprint density at radius 2 is 1.19 bits per heavy atom. The van der Waals surface area contributed by atoms with E-state index in [9.17, 15) is 0 Å². The zero-order chi connectivity index (χ0) is 44.9. The quantitative estimate of drug-likeness (QED) is 0.128. The van der Waals surface area contributed by atoms with Crippen LogP contribution in [0, 0.1) is 110 Å². The molecule has 9 nitrogen and oxygen atoms in total. The number of nitrogens with two attached hydrogens (primary N) is 3. The third kappa shape index (κ3) is 9.81. The average molecular weight is 825 g/mol. The Bertz CT molecular complexity index is 3160. The SMILES string of the molecule is C#CCOc1cc2c(CC(N)C#CCOc3ccc4c(c(CC(N)C#CCOc5cc(C#C)c6c(c5)c(CCN)cn6CC#C)cn4CC#C)c3C#C)cn(CC#C)c2cc1C#C. The summed E-state index contributed by atoms with van der Waals surface area (Å²) in [4.78, 5) is 0. The molecule has 6 aromatic rings. The largest absolute Gasteiger partial charge is 0.481 e. The molecular weight excluding hydrogens is 781 g/mol. The third-order valence-electron chi connectivity index (χ3n) is 10.2. The highest BCUT2D eigenvalue weighted by Gasteiger charge is 2.19. The van der Waals surface area contributed by atoms with Gasteiger partial charge in [-0.15, -0.1) is 45.0 Å². The fourth-order valence-electron chi connectivity index (χ4n) is 7.65. The van der Waals surface area contributed by atoms with Crippen LogP contribution in [0.25, 0.3) is 32.7 Å². The molecule has 0 saturated heterocycles. The highest BCUT2D eigenvalue weighted by Crippen LogP contribution is 2.34. The van der Waals surface area contributed by atoms with E-state index >= 15 is 0 Å². The minimum absolute atomic E-state index is 0.0363. The first-order valence-electron chi connectivity index (χ1n) is 19.9. The number of hydrogen-bond acceptors (Lipinski definition) is 6. The van der Waals surface area contributed by atoms with Crippen molar-refractivity contribution in [2.75, 3.05) is 26.4 Å². The molecule has 2 atom stereocenters. The number of nitrogens with zero attached hydrogens (tertiary/aromatic N) is 3. The maximum atomic E-state index is 6.58. The van der Waals surface area contributed by atoms with Crippen molar-refractivity contribution in [1.29, 1.82) is 0 Å². The normalized spacial score (nSPS) is 11.2. The molecule has 308 valence electrons. The summed E-state index contributed by atoms with van der Waals surface area (Å²) >= 11 is 0. The molecule has 9 heteroatoms. The second-order valence-corrected chi connectivity index (χ2v) is 14.3. The fourth-order valence-corrected chi connectivity index (χ4v) is 7.65. The molecule has 0 aliphatic rings. The Morgan fingerprint density at radius 1 is 0.571 bits per heavy atom. The van der Waals surface area contributed by atoms with E-state index in [1.165, 1.54) is 0 Å². The van der Waals surface area contributed by atoms with Gasteiger partial charge in [-0.1, -0.05) is 65.1 Å². The smallest absolute Gasteiger partial charge is 0.149 e. The summed E-state index contributed by atoms with van der Waals surface area (Å²) in [7, 11) is 0. The summed E-state index contributed by atoms with van der Waals surface area (Å²) in [5.74, 6) is 32.7. The third-order valence-corrected chi connectivity index (χ3v) is 10.2. The monoisotopic (exact) mass is 824 g/mol. The van der Waals surface area contributed by atoms with E-state index in [0.29, 0.717) is 79.4 Å². The Morgan fingerprint density at radius 3 is 1.84 bits per heavy atom. The predicted octanol–water partition coefficient (Wildman–Crippen LogP) is 4.81. The Labute approximate surface area is 369 Å². The van der Waals surface area contributed by atoms with E-state index in [4.69, 9.17) is 76.4 Å². The minimum Gasteiger partial charge on any atom is -0.481 e. The van der Waals surface area contributed by atoms with Gasteiger partial charge in [0.05, 0.1) is 65.0 Å². The zero-order valence-electron chi connectivity index (χ0n) is 34.8. The number of fused-ring (bicyclic) bond motifs is 3. The van der Waals surface area contributed by atoms with Crippen LogP contribution in [0.5, 0.6) is 17.2 Å². The summed E-state index contributed by atoms with van der Waals surface area (Å²) in [5, 5.41) is 2.63. The Kier molecular flexibility index (Phi) is 14.5. The first kappa shape index (κ1) is 44.2. The van der Waals surface area contributed by atoms with Crippen LogP contribution in [0.1, 0.15) is 33.4 Å². The van der Waals surface area contributed by atoms with Gasteiger partial charge in [-0.25, -0.2) is 0 Å². The van der Waals surface area contributed by atoms with Gasteiger partial charge in [-0.05, 0) is 66.1 Å². The van der Waals surface area contributed by atoms with Gasteiger partial charge < -0.3 is 45.1 Å². The fraction of sp³-hybridized carbons (Fsp3) is 0.222. The van der Waals surface area contributed by atoms with E-state index < -0.39 is 12.1 Å². The molecule has 3 aromatic heterocycles. The average Bonchev–Trinajstić information content (AvgIpc) is 3.92. The van der Waals surface area contributed by atoms with Crippen molar-refractivity contribution >= 4 is 32.7 Å². The maximum absolute atomic E-state index is 6.58. The van der Waals surface area contributed by atoms with Crippen molar-refractivity contribution in [3.05, 3.63) is 88.4 Å². The summed E-state index contributed by atoms with van der Waals surface area (Å²) in [6.45, 7) is 1.73. The van der Waals surface area contributed by atoms with Crippen LogP contribution in [-0.4, -0.2) is 52.2 Å². The van der Waals surface area contributed by atoms with Gasteiger partial charge in [0.25, 0.3) is 0 Å². The van der Waals surface area contributed by atoms with Crippen LogP contribution in [0.4, 0.5) is 0 Å². The Balaban J connectivity index is 1.16. The van der Waals surface area contributed by atoms with E-state index in [1.807, 2.05) is 62.6 Å². The predicted molar refractivity (Wildman–Crippen MR) is 253 cm³/mol. The number of aromatic nitrogens is 3. The first-order valence-corrected chi connectivity index (χ1v) is 19.9. The van der Waals surface area contributed by atoms with Gasteiger partial charge >= 0.3 is 0 Å². The van der Waals surface area contributed by atoms with Crippen molar-refractivity contribution in [3.8, 4) is 127 Å². The number of benzene rings is 3. The first-order chi connectivity index (χ1) is 30.7. The van der Waals surface area contributed by atoms with Crippen LogP contribution in [0.3, 0.4) is 0 Å². The summed E-state index contributed by atoms with van der Waals surface area (Å²) in [6, 6.07) is 10.1. The molecule has 0 fully saturated rings. The standard InChI is InChI=1S/C54H44N6O3/c1-8-23-58-37-42(30-44(57)17-15-27-61-45-31-39(13-6)54-48(33-45)40(21-22-55)35-60(54)25-10-3)53-46(14-7)51(20-19-49(53)58)63-28-16-18-43(56)29-41-36-59(24-9-2)50-32-38(12-5)52(34-47(41)50)62-26-11-4/h1-7,19-20,31-37,43-44H,21-30,55-57H2.